The van der Waals surface area contributed by atoms with Gasteiger partial charge in [-0.2, -0.15) is 0 Å². The molecule has 1 saturated carbocycles. The van der Waals surface area contributed by atoms with Crippen molar-refractivity contribution in [2.24, 2.45) is 5.92 Å². The maximum atomic E-state index is 11.9. The van der Waals surface area contributed by atoms with E-state index in [4.69, 9.17) is 0 Å². The van der Waals surface area contributed by atoms with Crippen LogP contribution >= 0.6 is 0 Å². The Balaban J connectivity index is 1.43. The van der Waals surface area contributed by atoms with Gasteiger partial charge in [0.15, 0.2) is 0 Å². The van der Waals surface area contributed by atoms with Crippen LogP contribution in [-0.2, 0) is 0 Å². The molecule has 0 unspecified atom stereocenters. The molecule has 1 aliphatic carbocycles. The van der Waals surface area contributed by atoms with E-state index in [1.54, 1.807) is 6.07 Å². The molecule has 4 rings (SSSR count). The number of piperidine rings is 1. The number of nitrogens with one attached hydrogen (secondary N) is 2. The van der Waals surface area contributed by atoms with E-state index in [-0.39, 0.29) is 22.7 Å². The van der Waals surface area contributed by atoms with Crippen molar-refractivity contribution in [1.82, 2.24) is 14.9 Å². The van der Waals surface area contributed by atoms with Crippen LogP contribution in [0, 0.1) is 16.0 Å². The normalized spacial score (nSPS) is 19.7. The van der Waals surface area contributed by atoms with Gasteiger partial charge in [0.1, 0.15) is 5.69 Å². The number of fused-ring (bicyclic) bond motifs is 1. The number of likely N-dealkylation sites (tertiary alicyclic amines) is 1. The largest absolute Gasteiger partial charge is 0.377 e. The Morgan fingerprint density at radius 1 is 1.18 bits per heavy atom. The van der Waals surface area contributed by atoms with E-state index >= 15 is 0 Å². The number of nitro benzene ring substituents is 1. The summed E-state index contributed by atoms with van der Waals surface area (Å²) in [7, 11) is 0. The number of aromatic nitrogens is 2. The minimum Gasteiger partial charge on any atom is -0.377 e. The number of benzene rings is 1. The van der Waals surface area contributed by atoms with Gasteiger partial charge in [-0.1, -0.05) is 19.3 Å². The fraction of sp³-hybridized carbons (Fsp3) is 0.600. The maximum Gasteiger partial charge on any atom is 0.293 e. The Kier molecular flexibility index (Phi) is 5.57. The predicted octanol–water partition coefficient (Wildman–Crippen LogP) is 3.29. The van der Waals surface area contributed by atoms with Crippen LogP contribution < -0.4 is 10.9 Å². The smallest absolute Gasteiger partial charge is 0.293 e. The van der Waals surface area contributed by atoms with Crippen molar-refractivity contribution in [3.63, 3.8) is 0 Å². The predicted molar refractivity (Wildman–Crippen MR) is 109 cm³/mol. The minimum absolute atomic E-state index is 0.0735. The third-order valence-electron chi connectivity index (χ3n) is 6.14. The molecule has 0 amide bonds. The number of rotatable bonds is 5. The number of hydrogen-bond donors (Lipinski definition) is 2. The van der Waals surface area contributed by atoms with Crippen molar-refractivity contribution in [2.75, 3.05) is 25.0 Å². The van der Waals surface area contributed by atoms with E-state index in [1.807, 2.05) is 0 Å². The summed E-state index contributed by atoms with van der Waals surface area (Å²) in [6, 6.07) is 3.14. The van der Waals surface area contributed by atoms with E-state index in [1.165, 1.54) is 51.0 Å². The van der Waals surface area contributed by atoms with Gasteiger partial charge in [-0.25, -0.2) is 4.98 Å². The van der Waals surface area contributed by atoms with Crippen molar-refractivity contribution >= 4 is 22.3 Å². The van der Waals surface area contributed by atoms with Crippen LogP contribution in [0.5, 0.6) is 0 Å². The summed E-state index contributed by atoms with van der Waals surface area (Å²) < 4.78 is 0. The molecule has 0 bridgehead atoms. The summed E-state index contributed by atoms with van der Waals surface area (Å²) in [4.78, 5) is 32.1. The topological polar surface area (TPSA) is 104 Å². The summed E-state index contributed by atoms with van der Waals surface area (Å²) in [6.45, 7) is 3.23. The number of nitrogens with zero attached hydrogens (tertiary/aromatic N) is 3. The third-order valence-corrected chi connectivity index (χ3v) is 6.14. The average Bonchev–Trinajstić information content (AvgIpc) is 2.70. The van der Waals surface area contributed by atoms with E-state index in [0.717, 1.165) is 31.8 Å². The lowest BCUT2D eigenvalue weighted by Gasteiger charge is -2.35. The Morgan fingerprint density at radius 2 is 1.93 bits per heavy atom. The zero-order valence-corrected chi connectivity index (χ0v) is 16.0. The Morgan fingerprint density at radius 3 is 2.64 bits per heavy atom. The first kappa shape index (κ1) is 18.9. The van der Waals surface area contributed by atoms with Crippen molar-refractivity contribution in [3.8, 4) is 0 Å². The molecule has 1 saturated heterocycles. The molecule has 2 N–H and O–H groups in total. The Bertz CT molecular complexity index is 898. The first-order valence-corrected chi connectivity index (χ1v) is 10.2. The van der Waals surface area contributed by atoms with Crippen molar-refractivity contribution in [2.45, 2.75) is 51.0 Å². The molecule has 8 heteroatoms. The van der Waals surface area contributed by atoms with Gasteiger partial charge in [0.05, 0.1) is 22.2 Å². The zero-order valence-electron chi connectivity index (χ0n) is 16.0. The van der Waals surface area contributed by atoms with Gasteiger partial charge >= 0.3 is 0 Å². The monoisotopic (exact) mass is 385 g/mol. The third kappa shape index (κ3) is 4.16. The number of hydrogen-bond acceptors (Lipinski definition) is 6. The second-order valence-corrected chi connectivity index (χ2v) is 8.10. The molecular weight excluding hydrogens is 358 g/mol. The fourth-order valence-corrected chi connectivity index (χ4v) is 4.59. The average molecular weight is 385 g/mol. The van der Waals surface area contributed by atoms with Crippen LogP contribution in [0.4, 0.5) is 11.4 Å². The molecule has 0 atom stereocenters. The van der Waals surface area contributed by atoms with E-state index in [2.05, 4.69) is 20.2 Å². The van der Waals surface area contributed by atoms with Crippen LogP contribution in [-0.4, -0.2) is 45.5 Å². The summed E-state index contributed by atoms with van der Waals surface area (Å²) >= 11 is 0. The molecule has 150 valence electrons. The number of H-pyrrole nitrogens is 1. The molecule has 2 fully saturated rings. The van der Waals surface area contributed by atoms with Gasteiger partial charge in [-0.3, -0.25) is 14.9 Å². The van der Waals surface area contributed by atoms with Gasteiger partial charge in [0.25, 0.3) is 11.2 Å². The highest BCUT2D eigenvalue weighted by Crippen LogP contribution is 2.30. The van der Waals surface area contributed by atoms with Gasteiger partial charge < -0.3 is 15.2 Å². The second-order valence-electron chi connectivity index (χ2n) is 8.10. The summed E-state index contributed by atoms with van der Waals surface area (Å²) in [5, 5.41) is 15.1. The van der Waals surface area contributed by atoms with Crippen LogP contribution in [0.3, 0.4) is 0 Å². The lowest BCUT2D eigenvalue weighted by Crippen LogP contribution is -2.41. The van der Waals surface area contributed by atoms with Crippen LogP contribution in [0.1, 0.15) is 44.9 Å². The van der Waals surface area contributed by atoms with E-state index in [0.29, 0.717) is 11.2 Å². The Hall–Kier alpha value is -2.48. The quantitative estimate of drug-likeness (QED) is 0.604. The summed E-state index contributed by atoms with van der Waals surface area (Å²) in [5.41, 5.74) is 0.472. The molecule has 1 aromatic carbocycles. The van der Waals surface area contributed by atoms with Crippen molar-refractivity contribution in [3.05, 3.63) is 38.9 Å². The summed E-state index contributed by atoms with van der Waals surface area (Å²) in [5.74, 6) is 0.837. The van der Waals surface area contributed by atoms with Crippen LogP contribution in [0.15, 0.2) is 23.3 Å². The molecule has 2 aliphatic rings. The number of aromatic amines is 1. The zero-order chi connectivity index (χ0) is 19.5. The lowest BCUT2D eigenvalue weighted by atomic mass is 9.88. The van der Waals surface area contributed by atoms with Gasteiger partial charge in [-0.15, -0.1) is 0 Å². The second kappa shape index (κ2) is 8.26. The first-order valence-electron chi connectivity index (χ1n) is 10.2. The van der Waals surface area contributed by atoms with Gasteiger partial charge in [-0.05, 0) is 37.7 Å². The van der Waals surface area contributed by atoms with E-state index < -0.39 is 4.92 Å². The van der Waals surface area contributed by atoms with Crippen molar-refractivity contribution < 1.29 is 4.92 Å². The molecule has 1 aromatic heterocycles. The first-order chi connectivity index (χ1) is 13.6. The SMILES string of the molecule is O=c1[nH]cnc2cc(NC3CCN(CC4CCCCC4)CC3)c([N+](=O)[O-])cc12. The molecule has 2 aromatic rings. The molecule has 0 radical (unpaired) electrons. The Labute approximate surface area is 163 Å². The summed E-state index contributed by atoms with van der Waals surface area (Å²) in [6.07, 6.45) is 10.1. The molecule has 28 heavy (non-hydrogen) atoms. The highest BCUT2D eigenvalue weighted by atomic mass is 16.6. The van der Waals surface area contributed by atoms with Crippen molar-refractivity contribution in [1.29, 1.82) is 0 Å². The highest BCUT2D eigenvalue weighted by Gasteiger charge is 2.25. The molecule has 0 spiro atoms. The lowest BCUT2D eigenvalue weighted by molar-refractivity contribution is -0.383. The molecular formula is C20H27N5O3. The van der Waals surface area contributed by atoms with E-state index in [9.17, 15) is 14.9 Å². The van der Waals surface area contributed by atoms with Gasteiger partial charge in [0, 0.05) is 31.7 Å². The van der Waals surface area contributed by atoms with Gasteiger partial charge in [0.2, 0.25) is 0 Å². The van der Waals surface area contributed by atoms with Crippen LogP contribution in [0.2, 0.25) is 0 Å². The number of anilines is 1. The van der Waals surface area contributed by atoms with Crippen LogP contribution in [0.25, 0.3) is 10.9 Å². The number of nitro groups is 1. The standard InChI is InChI=1S/C20H27N5O3/c26-20-16-10-19(25(27)28)18(11-17(16)21-13-22-20)23-15-6-8-24(9-7-15)12-14-4-2-1-3-5-14/h10-11,13-15,23H,1-9,12H2,(H,21,22,26). The molecule has 8 nitrogen and oxygen atoms in total. The molecule has 1 aliphatic heterocycles. The maximum absolute atomic E-state index is 11.9. The molecule has 2 heterocycles. The fourth-order valence-electron chi connectivity index (χ4n) is 4.59. The minimum atomic E-state index is -0.438. The highest BCUT2D eigenvalue weighted by molar-refractivity contribution is 5.86.